The lowest BCUT2D eigenvalue weighted by molar-refractivity contribution is -0.121. The van der Waals surface area contributed by atoms with E-state index in [9.17, 15) is 4.79 Å². The zero-order valence-electron chi connectivity index (χ0n) is 15.7. The molecule has 0 aliphatic carbocycles. The van der Waals surface area contributed by atoms with Crippen LogP contribution in [0.25, 0.3) is 0 Å². The van der Waals surface area contributed by atoms with E-state index in [1.807, 2.05) is 62.4 Å². The highest BCUT2D eigenvalue weighted by molar-refractivity contribution is 5.75. The molecule has 0 saturated carbocycles. The fourth-order valence-electron chi connectivity index (χ4n) is 2.38. The van der Waals surface area contributed by atoms with E-state index < -0.39 is 0 Å². The Morgan fingerprint density at radius 3 is 2.46 bits per heavy atom. The molecular formula is C21H27NO4. The van der Waals surface area contributed by atoms with E-state index in [0.29, 0.717) is 26.0 Å². The highest BCUT2D eigenvalue weighted by atomic mass is 16.5. The van der Waals surface area contributed by atoms with Crippen molar-refractivity contribution < 1.29 is 19.0 Å². The molecule has 0 heterocycles. The van der Waals surface area contributed by atoms with Crippen molar-refractivity contribution in [2.45, 2.75) is 39.3 Å². The second kappa shape index (κ2) is 10.3. The van der Waals surface area contributed by atoms with Gasteiger partial charge in [0.05, 0.1) is 19.8 Å². The van der Waals surface area contributed by atoms with E-state index in [1.54, 1.807) is 7.11 Å². The van der Waals surface area contributed by atoms with E-state index in [1.165, 1.54) is 0 Å². The van der Waals surface area contributed by atoms with Gasteiger partial charge in [-0.25, -0.2) is 0 Å². The zero-order valence-corrected chi connectivity index (χ0v) is 15.7. The Kier molecular flexibility index (Phi) is 7.80. The van der Waals surface area contributed by atoms with Crippen LogP contribution in [0.2, 0.25) is 0 Å². The lowest BCUT2D eigenvalue weighted by Crippen LogP contribution is -2.23. The molecule has 1 N–H and O–H groups in total. The summed E-state index contributed by atoms with van der Waals surface area (Å²) in [5, 5.41) is 2.93. The summed E-state index contributed by atoms with van der Waals surface area (Å²) in [6, 6.07) is 15.2. The van der Waals surface area contributed by atoms with Crippen molar-refractivity contribution in [2.75, 3.05) is 13.7 Å². The van der Waals surface area contributed by atoms with Crippen molar-refractivity contribution in [3.05, 3.63) is 54.1 Å². The van der Waals surface area contributed by atoms with Gasteiger partial charge in [0.1, 0.15) is 17.2 Å². The van der Waals surface area contributed by atoms with Gasteiger partial charge in [-0.05, 0) is 62.2 Å². The Morgan fingerprint density at radius 1 is 1.04 bits per heavy atom. The van der Waals surface area contributed by atoms with Crippen molar-refractivity contribution >= 4 is 5.91 Å². The van der Waals surface area contributed by atoms with Gasteiger partial charge < -0.3 is 19.5 Å². The molecule has 0 unspecified atom stereocenters. The molecule has 0 spiro atoms. The summed E-state index contributed by atoms with van der Waals surface area (Å²) in [7, 11) is 1.63. The van der Waals surface area contributed by atoms with Gasteiger partial charge in [0, 0.05) is 13.0 Å². The number of amides is 1. The summed E-state index contributed by atoms with van der Waals surface area (Å²) in [6.45, 7) is 4.97. The van der Waals surface area contributed by atoms with Gasteiger partial charge in [0.15, 0.2) is 0 Å². The van der Waals surface area contributed by atoms with Crippen LogP contribution in [0.5, 0.6) is 17.2 Å². The Morgan fingerprint density at radius 2 is 1.77 bits per heavy atom. The molecule has 0 atom stereocenters. The summed E-state index contributed by atoms with van der Waals surface area (Å²) < 4.78 is 16.4. The number of nitrogens with one attached hydrogen (secondary N) is 1. The summed E-state index contributed by atoms with van der Waals surface area (Å²) in [5.74, 6) is 2.39. The minimum Gasteiger partial charge on any atom is -0.497 e. The normalized spacial score (nSPS) is 10.5. The van der Waals surface area contributed by atoms with Gasteiger partial charge in [0.25, 0.3) is 0 Å². The molecule has 0 aliphatic rings. The maximum absolute atomic E-state index is 12.0. The highest BCUT2D eigenvalue weighted by Gasteiger charge is 2.04. The molecule has 0 fully saturated rings. The maximum atomic E-state index is 12.0. The topological polar surface area (TPSA) is 56.8 Å². The molecule has 0 saturated heterocycles. The van der Waals surface area contributed by atoms with E-state index in [4.69, 9.17) is 14.2 Å². The fraction of sp³-hybridized carbons (Fsp3) is 0.381. The van der Waals surface area contributed by atoms with Gasteiger partial charge in [0.2, 0.25) is 5.91 Å². The molecule has 5 heteroatoms. The lowest BCUT2D eigenvalue weighted by Gasteiger charge is -2.11. The molecule has 0 radical (unpaired) electrons. The molecule has 5 nitrogen and oxygen atoms in total. The second-order valence-corrected chi connectivity index (χ2v) is 6.22. The Labute approximate surface area is 155 Å². The average molecular weight is 357 g/mol. The molecule has 2 aromatic rings. The van der Waals surface area contributed by atoms with Crippen molar-refractivity contribution in [3.8, 4) is 17.2 Å². The van der Waals surface area contributed by atoms with Crippen molar-refractivity contribution in [3.63, 3.8) is 0 Å². The quantitative estimate of drug-likeness (QED) is 0.654. The standard InChI is InChI=1S/C21H27NO4/c1-16(2)26-20-7-4-6-17(14-20)15-22-21(23)8-5-13-25-19-11-9-18(24-3)10-12-19/h4,6-7,9-12,14,16H,5,8,13,15H2,1-3H3,(H,22,23). The summed E-state index contributed by atoms with van der Waals surface area (Å²) >= 11 is 0. The van der Waals surface area contributed by atoms with Crippen LogP contribution in [0.1, 0.15) is 32.3 Å². The van der Waals surface area contributed by atoms with Crippen molar-refractivity contribution in [1.82, 2.24) is 5.32 Å². The Balaban J connectivity index is 1.65. The van der Waals surface area contributed by atoms with Crippen LogP contribution < -0.4 is 19.5 Å². The lowest BCUT2D eigenvalue weighted by atomic mass is 10.2. The van der Waals surface area contributed by atoms with E-state index in [0.717, 1.165) is 22.8 Å². The van der Waals surface area contributed by atoms with Crippen LogP contribution in [0.4, 0.5) is 0 Å². The molecule has 2 rings (SSSR count). The van der Waals surface area contributed by atoms with E-state index in [2.05, 4.69) is 5.32 Å². The molecular weight excluding hydrogens is 330 g/mol. The summed E-state index contributed by atoms with van der Waals surface area (Å²) in [4.78, 5) is 12.0. The molecule has 26 heavy (non-hydrogen) atoms. The van der Waals surface area contributed by atoms with Crippen LogP contribution in [0, 0.1) is 0 Å². The zero-order chi connectivity index (χ0) is 18.8. The first kappa shape index (κ1) is 19.6. The van der Waals surface area contributed by atoms with E-state index >= 15 is 0 Å². The minimum atomic E-state index is 0.0125. The largest absolute Gasteiger partial charge is 0.497 e. The van der Waals surface area contributed by atoms with Crippen molar-refractivity contribution in [1.29, 1.82) is 0 Å². The molecule has 2 aromatic carbocycles. The first-order valence-electron chi connectivity index (χ1n) is 8.86. The number of methoxy groups -OCH3 is 1. The van der Waals surface area contributed by atoms with Gasteiger partial charge >= 0.3 is 0 Å². The third-order valence-electron chi connectivity index (χ3n) is 3.64. The van der Waals surface area contributed by atoms with Crippen molar-refractivity contribution in [2.24, 2.45) is 0 Å². The van der Waals surface area contributed by atoms with Crippen LogP contribution in [-0.2, 0) is 11.3 Å². The van der Waals surface area contributed by atoms with Crippen LogP contribution in [0.15, 0.2) is 48.5 Å². The minimum absolute atomic E-state index is 0.0125. The highest BCUT2D eigenvalue weighted by Crippen LogP contribution is 2.17. The Hall–Kier alpha value is -2.69. The Bertz CT molecular complexity index is 683. The summed E-state index contributed by atoms with van der Waals surface area (Å²) in [6.07, 6.45) is 1.22. The van der Waals surface area contributed by atoms with Gasteiger partial charge in [-0.1, -0.05) is 12.1 Å². The number of hydrogen-bond acceptors (Lipinski definition) is 4. The molecule has 140 valence electrons. The first-order chi connectivity index (χ1) is 12.6. The van der Waals surface area contributed by atoms with Crippen LogP contribution in [0.3, 0.4) is 0 Å². The molecule has 0 bridgehead atoms. The number of hydrogen-bond donors (Lipinski definition) is 1. The molecule has 1 amide bonds. The molecule has 0 aliphatic heterocycles. The smallest absolute Gasteiger partial charge is 0.220 e. The summed E-state index contributed by atoms with van der Waals surface area (Å²) in [5.41, 5.74) is 1.02. The predicted octanol–water partition coefficient (Wildman–Crippen LogP) is 3.96. The maximum Gasteiger partial charge on any atom is 0.220 e. The number of carbonyl (C=O) groups excluding carboxylic acids is 1. The van der Waals surface area contributed by atoms with Crippen LogP contribution >= 0.6 is 0 Å². The van der Waals surface area contributed by atoms with Gasteiger partial charge in [-0.2, -0.15) is 0 Å². The first-order valence-corrected chi connectivity index (χ1v) is 8.86. The van der Waals surface area contributed by atoms with Crippen LogP contribution in [-0.4, -0.2) is 25.7 Å². The second-order valence-electron chi connectivity index (χ2n) is 6.22. The van der Waals surface area contributed by atoms with Gasteiger partial charge in [-0.3, -0.25) is 4.79 Å². The van der Waals surface area contributed by atoms with Gasteiger partial charge in [-0.15, -0.1) is 0 Å². The third-order valence-corrected chi connectivity index (χ3v) is 3.64. The SMILES string of the molecule is COc1ccc(OCCCC(=O)NCc2cccc(OC(C)C)c2)cc1. The number of benzene rings is 2. The average Bonchev–Trinajstić information content (AvgIpc) is 2.64. The fourth-order valence-corrected chi connectivity index (χ4v) is 2.38. The number of ether oxygens (including phenoxy) is 3. The predicted molar refractivity (Wildman–Crippen MR) is 102 cm³/mol. The molecule has 0 aromatic heterocycles. The number of carbonyl (C=O) groups is 1. The third kappa shape index (κ3) is 7.05. The van der Waals surface area contributed by atoms with E-state index in [-0.39, 0.29) is 12.0 Å². The monoisotopic (exact) mass is 357 g/mol. The number of rotatable bonds is 10.